The Morgan fingerprint density at radius 2 is 1.65 bits per heavy atom. The van der Waals surface area contributed by atoms with Gasteiger partial charge in [-0.15, -0.1) is 0 Å². The van der Waals surface area contributed by atoms with Crippen LogP contribution in [0.2, 0.25) is 0 Å². The van der Waals surface area contributed by atoms with Crippen LogP contribution in [0.25, 0.3) is 0 Å². The summed E-state index contributed by atoms with van der Waals surface area (Å²) in [6.45, 7) is 3.65. The van der Waals surface area contributed by atoms with Crippen LogP contribution in [0.4, 0.5) is 15.8 Å². The molecule has 104 valence electrons. The predicted octanol–water partition coefficient (Wildman–Crippen LogP) is 2.98. The number of nitrogens with one attached hydrogen (secondary N) is 2. The van der Waals surface area contributed by atoms with Gasteiger partial charge >= 0.3 is 0 Å². The molecule has 0 saturated heterocycles. The Hall–Kier alpha value is -2.40. The van der Waals surface area contributed by atoms with Crippen LogP contribution in [0, 0.1) is 19.7 Å². The van der Waals surface area contributed by atoms with Crippen LogP contribution >= 0.6 is 0 Å². The molecule has 4 N–H and O–H groups in total. The molecule has 0 unspecified atom stereocenters. The highest BCUT2D eigenvalue weighted by Crippen LogP contribution is 2.20. The molecule has 2 aromatic carbocycles. The van der Waals surface area contributed by atoms with Crippen molar-refractivity contribution in [2.75, 3.05) is 10.7 Å². The van der Waals surface area contributed by atoms with Crippen molar-refractivity contribution in [2.45, 2.75) is 13.8 Å². The molecule has 0 saturated carbocycles. The molecule has 2 aromatic rings. The second-order valence-electron chi connectivity index (χ2n) is 4.63. The number of hydrazine groups is 1. The minimum absolute atomic E-state index is 0.144. The molecule has 0 aliphatic carbocycles. The molecule has 0 aromatic heterocycles. The third kappa shape index (κ3) is 2.95. The van der Waals surface area contributed by atoms with Crippen molar-refractivity contribution in [2.24, 2.45) is 5.84 Å². The minimum Gasteiger partial charge on any atom is -0.323 e. The Bertz CT molecular complexity index is 656. The van der Waals surface area contributed by atoms with E-state index < -0.39 is 11.7 Å². The molecular formula is C15H16FN3O. The summed E-state index contributed by atoms with van der Waals surface area (Å²) in [7, 11) is 0. The van der Waals surface area contributed by atoms with E-state index in [0.717, 1.165) is 11.1 Å². The summed E-state index contributed by atoms with van der Waals surface area (Å²) >= 11 is 0. The molecule has 2 rings (SSSR count). The summed E-state index contributed by atoms with van der Waals surface area (Å²) in [5.41, 5.74) is 5.16. The summed E-state index contributed by atoms with van der Waals surface area (Å²) in [6.07, 6.45) is 0. The van der Waals surface area contributed by atoms with Crippen LogP contribution < -0.4 is 16.6 Å². The van der Waals surface area contributed by atoms with Crippen molar-refractivity contribution in [3.8, 4) is 0 Å². The summed E-state index contributed by atoms with van der Waals surface area (Å²) in [4.78, 5) is 12.2. The van der Waals surface area contributed by atoms with Crippen molar-refractivity contribution < 1.29 is 9.18 Å². The Morgan fingerprint density at radius 1 is 1.05 bits per heavy atom. The number of nitrogen functional groups attached to an aromatic ring is 1. The topological polar surface area (TPSA) is 67.2 Å². The van der Waals surface area contributed by atoms with E-state index in [4.69, 9.17) is 5.84 Å². The zero-order valence-electron chi connectivity index (χ0n) is 11.3. The zero-order valence-corrected chi connectivity index (χ0v) is 11.3. The van der Waals surface area contributed by atoms with E-state index in [1.54, 1.807) is 25.1 Å². The summed E-state index contributed by atoms with van der Waals surface area (Å²) in [5, 5.41) is 2.55. The van der Waals surface area contributed by atoms with Crippen LogP contribution in [0.1, 0.15) is 21.5 Å². The number of carbonyl (C=O) groups excluding carboxylic acids is 1. The van der Waals surface area contributed by atoms with Crippen LogP contribution in [-0.2, 0) is 0 Å². The maximum absolute atomic E-state index is 13.7. The Morgan fingerprint density at radius 3 is 2.25 bits per heavy atom. The van der Waals surface area contributed by atoms with E-state index in [0.29, 0.717) is 11.3 Å². The third-order valence-electron chi connectivity index (χ3n) is 2.95. The van der Waals surface area contributed by atoms with E-state index in [1.807, 2.05) is 13.0 Å². The molecule has 0 heterocycles. The first-order valence-corrected chi connectivity index (χ1v) is 6.16. The summed E-state index contributed by atoms with van der Waals surface area (Å²) < 4.78 is 13.7. The van der Waals surface area contributed by atoms with Gasteiger partial charge in [0.25, 0.3) is 5.91 Å². The van der Waals surface area contributed by atoms with Gasteiger partial charge in [-0.3, -0.25) is 10.6 Å². The maximum atomic E-state index is 13.7. The number of hydrogen-bond donors (Lipinski definition) is 3. The lowest BCUT2D eigenvalue weighted by Crippen LogP contribution is -2.18. The van der Waals surface area contributed by atoms with Crippen LogP contribution in [0.15, 0.2) is 36.4 Å². The average molecular weight is 273 g/mol. The number of hydrogen-bond acceptors (Lipinski definition) is 3. The highest BCUT2D eigenvalue weighted by Gasteiger charge is 2.13. The summed E-state index contributed by atoms with van der Waals surface area (Å²) in [6, 6.07) is 9.86. The number of benzene rings is 2. The average Bonchev–Trinajstić information content (AvgIpc) is 2.41. The number of amides is 1. The number of carbonyl (C=O) groups is 1. The first-order chi connectivity index (χ1) is 9.51. The van der Waals surface area contributed by atoms with Crippen molar-refractivity contribution in [3.05, 3.63) is 58.9 Å². The molecule has 4 nitrogen and oxygen atoms in total. The van der Waals surface area contributed by atoms with Crippen molar-refractivity contribution in [1.29, 1.82) is 0 Å². The molecule has 0 atom stereocenters. The molecule has 0 aliphatic rings. The van der Waals surface area contributed by atoms with Gasteiger partial charge in [-0.05, 0) is 43.7 Å². The highest BCUT2D eigenvalue weighted by atomic mass is 19.1. The fraction of sp³-hybridized carbons (Fsp3) is 0.133. The molecule has 0 aliphatic heterocycles. The van der Waals surface area contributed by atoms with Crippen LogP contribution in [0.5, 0.6) is 0 Å². The van der Waals surface area contributed by atoms with E-state index in [9.17, 15) is 9.18 Å². The van der Waals surface area contributed by atoms with Crippen molar-refractivity contribution in [1.82, 2.24) is 0 Å². The monoisotopic (exact) mass is 273 g/mol. The zero-order chi connectivity index (χ0) is 14.7. The molecule has 0 fully saturated rings. The molecular weight excluding hydrogens is 257 g/mol. The minimum atomic E-state index is -0.465. The second kappa shape index (κ2) is 5.71. The van der Waals surface area contributed by atoms with Crippen molar-refractivity contribution in [3.63, 3.8) is 0 Å². The maximum Gasteiger partial charge on any atom is 0.257 e. The number of anilines is 2. The highest BCUT2D eigenvalue weighted by molar-refractivity contribution is 6.08. The van der Waals surface area contributed by atoms with Gasteiger partial charge in [0.1, 0.15) is 5.82 Å². The van der Waals surface area contributed by atoms with Gasteiger partial charge in [0.05, 0.1) is 16.9 Å². The molecule has 5 heteroatoms. The molecule has 1 amide bonds. The van der Waals surface area contributed by atoms with Gasteiger partial charge in [0.2, 0.25) is 0 Å². The summed E-state index contributed by atoms with van der Waals surface area (Å²) in [5.74, 6) is 4.50. The lowest BCUT2D eigenvalue weighted by Gasteiger charge is -2.11. The number of halogens is 1. The SMILES string of the molecule is Cc1ccc(NC(=O)c2cc(C)ccc2NN)c(F)c1. The quantitative estimate of drug-likeness (QED) is 0.595. The van der Waals surface area contributed by atoms with Gasteiger partial charge in [-0.2, -0.15) is 0 Å². The standard InChI is InChI=1S/C15H16FN3O/c1-9-3-5-13(19-17)11(7-9)15(20)18-14-6-4-10(2)8-12(14)16/h3-8,19H,17H2,1-2H3,(H,18,20). The Balaban J connectivity index is 2.30. The second-order valence-corrected chi connectivity index (χ2v) is 4.63. The first-order valence-electron chi connectivity index (χ1n) is 6.16. The number of rotatable bonds is 3. The Kier molecular flexibility index (Phi) is 4.00. The van der Waals surface area contributed by atoms with Gasteiger partial charge in [0, 0.05) is 0 Å². The van der Waals surface area contributed by atoms with E-state index >= 15 is 0 Å². The molecule has 20 heavy (non-hydrogen) atoms. The third-order valence-corrected chi connectivity index (χ3v) is 2.95. The van der Waals surface area contributed by atoms with Gasteiger partial charge < -0.3 is 10.7 Å². The fourth-order valence-corrected chi connectivity index (χ4v) is 1.88. The van der Waals surface area contributed by atoms with Crippen LogP contribution in [0.3, 0.4) is 0 Å². The lowest BCUT2D eigenvalue weighted by molar-refractivity contribution is 0.102. The van der Waals surface area contributed by atoms with E-state index in [1.165, 1.54) is 12.1 Å². The lowest BCUT2D eigenvalue weighted by atomic mass is 10.1. The first kappa shape index (κ1) is 14.0. The van der Waals surface area contributed by atoms with Crippen molar-refractivity contribution >= 4 is 17.3 Å². The number of aryl methyl sites for hydroxylation is 2. The Labute approximate surface area is 116 Å². The predicted molar refractivity (Wildman–Crippen MR) is 78.1 cm³/mol. The smallest absolute Gasteiger partial charge is 0.257 e. The fourth-order valence-electron chi connectivity index (χ4n) is 1.88. The molecule has 0 bridgehead atoms. The van der Waals surface area contributed by atoms with Gasteiger partial charge in [-0.1, -0.05) is 17.7 Å². The largest absolute Gasteiger partial charge is 0.323 e. The van der Waals surface area contributed by atoms with Gasteiger partial charge in [-0.25, -0.2) is 4.39 Å². The molecule has 0 radical (unpaired) electrons. The van der Waals surface area contributed by atoms with E-state index in [-0.39, 0.29) is 5.69 Å². The molecule has 0 spiro atoms. The normalized spacial score (nSPS) is 10.2. The van der Waals surface area contributed by atoms with Crippen LogP contribution in [-0.4, -0.2) is 5.91 Å². The number of nitrogens with two attached hydrogens (primary N) is 1. The van der Waals surface area contributed by atoms with E-state index in [2.05, 4.69) is 10.7 Å². The van der Waals surface area contributed by atoms with Gasteiger partial charge in [0.15, 0.2) is 0 Å².